The Kier molecular flexibility index (Phi) is 9.98. The molecule has 0 radical (unpaired) electrons. The number of nitrogens with zero attached hydrogens (tertiary/aromatic N) is 3. The number of hydrogen-bond donors (Lipinski definition) is 0. The molecule has 4 heteroatoms. The molecule has 32 heavy (non-hydrogen) atoms. The Bertz CT molecular complexity index is 989. The second kappa shape index (κ2) is 12.9. The average Bonchev–Trinajstić information content (AvgIpc) is 2.81. The zero-order chi connectivity index (χ0) is 22.8. The maximum Gasteiger partial charge on any atom is 0.201 e. The Morgan fingerprint density at radius 1 is 0.781 bits per heavy atom. The van der Waals surface area contributed by atoms with Crippen molar-refractivity contribution in [3.05, 3.63) is 41.8 Å². The van der Waals surface area contributed by atoms with Gasteiger partial charge in [0.1, 0.15) is 13.1 Å². The summed E-state index contributed by atoms with van der Waals surface area (Å²) in [6.45, 7) is 13.6. The number of rotatable bonds is 13. The Morgan fingerprint density at radius 2 is 1.47 bits per heavy atom. The van der Waals surface area contributed by atoms with E-state index in [0.717, 1.165) is 37.4 Å². The average molecular weight is 453 g/mol. The van der Waals surface area contributed by atoms with Crippen molar-refractivity contribution in [2.24, 2.45) is 0 Å². The maximum atomic E-state index is 4.99. The van der Waals surface area contributed by atoms with E-state index in [0.29, 0.717) is 0 Å². The van der Waals surface area contributed by atoms with Crippen LogP contribution in [0.25, 0.3) is 20.8 Å². The number of aromatic nitrogens is 1. The van der Waals surface area contributed by atoms with Crippen LogP contribution in [0.1, 0.15) is 79.1 Å². The summed E-state index contributed by atoms with van der Waals surface area (Å²) in [5, 5.41) is 1.33. The van der Waals surface area contributed by atoms with E-state index in [4.69, 9.17) is 4.98 Å². The molecular weight excluding hydrogens is 410 g/mol. The van der Waals surface area contributed by atoms with Crippen LogP contribution in [0.3, 0.4) is 0 Å². The van der Waals surface area contributed by atoms with Crippen LogP contribution in [0.15, 0.2) is 36.4 Å². The van der Waals surface area contributed by atoms with Crippen molar-refractivity contribution < 1.29 is 0 Å². The van der Waals surface area contributed by atoms with Crippen molar-refractivity contribution in [2.75, 3.05) is 31.1 Å². The Labute approximate surface area is 199 Å². The lowest BCUT2D eigenvalue weighted by Crippen LogP contribution is -2.31. The van der Waals surface area contributed by atoms with E-state index in [9.17, 15) is 0 Å². The van der Waals surface area contributed by atoms with Crippen molar-refractivity contribution >= 4 is 27.2 Å². The van der Waals surface area contributed by atoms with Crippen LogP contribution in [0.4, 0.5) is 5.69 Å². The van der Waals surface area contributed by atoms with Gasteiger partial charge in [0.25, 0.3) is 0 Å². The molecule has 0 saturated heterocycles. The van der Waals surface area contributed by atoms with Crippen LogP contribution in [0, 0.1) is 0 Å². The smallest absolute Gasteiger partial charge is 0.201 e. The first-order valence-electron chi connectivity index (χ1n) is 12.9. The van der Waals surface area contributed by atoms with E-state index >= 15 is 0 Å². The van der Waals surface area contributed by atoms with E-state index in [-0.39, 0.29) is 0 Å². The molecule has 0 fully saturated rings. The zero-order valence-corrected chi connectivity index (χ0v) is 21.5. The lowest BCUT2D eigenvalue weighted by Gasteiger charge is -2.25. The maximum absolute atomic E-state index is 4.99. The Morgan fingerprint density at radius 3 is 2.09 bits per heavy atom. The quantitative estimate of drug-likeness (QED) is 0.155. The molecule has 3 rings (SSSR count). The highest BCUT2D eigenvalue weighted by atomic mass is 32.1. The number of hydrogen-bond acceptors (Lipinski definition) is 3. The fourth-order valence-corrected chi connectivity index (χ4v) is 5.41. The van der Waals surface area contributed by atoms with Gasteiger partial charge in [-0.15, -0.1) is 11.3 Å². The van der Waals surface area contributed by atoms with E-state index in [2.05, 4.69) is 73.6 Å². The van der Waals surface area contributed by atoms with Gasteiger partial charge in [0.15, 0.2) is 0 Å². The second-order valence-electron chi connectivity index (χ2n) is 8.91. The summed E-state index contributed by atoms with van der Waals surface area (Å²) >= 11 is 1.89. The number of benzene rings is 2. The van der Waals surface area contributed by atoms with Gasteiger partial charge >= 0.3 is 0 Å². The molecule has 0 bridgehead atoms. The number of fused-ring (bicyclic) bond motifs is 2. The van der Waals surface area contributed by atoms with Crippen LogP contribution in [-0.2, 0) is 0 Å². The standard InChI is InChI=1S/C28H42N3S/c1-5-9-11-19-31(20-12-10-6-2)24-14-16-26-28(22-24)32-27-21-23(13-15-25(27)29-26)30(17-7-3)18-8-4/h13-16,21-22H,5-12,17-20H2,1-4H3/q+1. The predicted octanol–water partition coefficient (Wildman–Crippen LogP) is 7.18. The molecule has 0 atom stereocenters. The minimum absolute atomic E-state index is 1.11. The van der Waals surface area contributed by atoms with Crippen molar-refractivity contribution in [3.63, 3.8) is 0 Å². The molecule has 0 spiro atoms. The fourth-order valence-electron chi connectivity index (χ4n) is 4.38. The largest absolute Gasteiger partial charge is 0.371 e. The summed E-state index contributed by atoms with van der Waals surface area (Å²) in [5.41, 5.74) is 3.58. The first-order valence-corrected chi connectivity index (χ1v) is 13.7. The van der Waals surface area contributed by atoms with Gasteiger partial charge in [-0.25, -0.2) is 9.56 Å². The molecule has 0 aromatic heterocycles. The molecule has 0 saturated carbocycles. The molecule has 1 aliphatic carbocycles. The van der Waals surface area contributed by atoms with E-state index in [1.165, 1.54) is 72.0 Å². The second-order valence-corrected chi connectivity index (χ2v) is 9.99. The summed E-state index contributed by atoms with van der Waals surface area (Å²) in [6.07, 6.45) is 10.0. The summed E-state index contributed by atoms with van der Waals surface area (Å²) in [6, 6.07) is 13.7. The van der Waals surface area contributed by atoms with Gasteiger partial charge in [0.2, 0.25) is 5.36 Å². The zero-order valence-electron chi connectivity index (χ0n) is 20.7. The minimum atomic E-state index is 1.11. The molecule has 3 nitrogen and oxygen atoms in total. The molecule has 1 aromatic rings. The van der Waals surface area contributed by atoms with Crippen molar-refractivity contribution in [1.82, 2.24) is 9.56 Å². The van der Waals surface area contributed by atoms with Crippen molar-refractivity contribution in [1.29, 1.82) is 0 Å². The first-order chi connectivity index (χ1) is 15.7. The number of anilines is 1. The van der Waals surface area contributed by atoms with Crippen LogP contribution in [0.5, 0.6) is 0 Å². The van der Waals surface area contributed by atoms with Crippen molar-refractivity contribution in [2.45, 2.75) is 79.1 Å². The minimum Gasteiger partial charge on any atom is -0.371 e. The van der Waals surface area contributed by atoms with Crippen LogP contribution in [0.2, 0.25) is 0 Å². The van der Waals surface area contributed by atoms with Crippen LogP contribution in [-0.4, -0.2) is 31.2 Å². The molecule has 0 unspecified atom stereocenters. The van der Waals surface area contributed by atoms with Crippen LogP contribution >= 0.6 is 11.3 Å². The topological polar surface area (TPSA) is 19.1 Å². The normalized spacial score (nSPS) is 11.4. The molecule has 1 aromatic carbocycles. The number of unbranched alkanes of at least 4 members (excludes halogenated alkanes) is 4. The van der Waals surface area contributed by atoms with E-state index in [1.807, 2.05) is 11.3 Å². The van der Waals surface area contributed by atoms with Gasteiger partial charge in [-0.2, -0.15) is 0 Å². The highest BCUT2D eigenvalue weighted by Gasteiger charge is 2.13. The highest BCUT2D eigenvalue weighted by molar-refractivity contribution is 7.21. The lowest BCUT2D eigenvalue weighted by molar-refractivity contribution is 0.557. The SMILES string of the molecule is CCCCCN(CCCCC)c1ccc2nc3ccc(=[N+](CCC)CCC)cc-3sc2c1. The summed E-state index contributed by atoms with van der Waals surface area (Å²) in [4.78, 5) is 8.88. The van der Waals surface area contributed by atoms with Gasteiger partial charge in [0, 0.05) is 43.8 Å². The van der Waals surface area contributed by atoms with E-state index in [1.54, 1.807) is 0 Å². The third-order valence-corrected chi connectivity index (χ3v) is 7.22. The van der Waals surface area contributed by atoms with Crippen LogP contribution < -0.4 is 14.8 Å². The molecule has 2 aliphatic rings. The van der Waals surface area contributed by atoms with Crippen molar-refractivity contribution in [3.8, 4) is 10.6 Å². The lowest BCUT2D eigenvalue weighted by atomic mass is 10.2. The summed E-state index contributed by atoms with van der Waals surface area (Å²) < 4.78 is 3.80. The Hall–Kier alpha value is -1.94. The first kappa shape index (κ1) is 24.7. The molecule has 0 amide bonds. The molecular formula is C28H42N3S+. The summed E-state index contributed by atoms with van der Waals surface area (Å²) in [7, 11) is 0. The summed E-state index contributed by atoms with van der Waals surface area (Å²) in [5.74, 6) is 0. The van der Waals surface area contributed by atoms with Gasteiger partial charge in [-0.1, -0.05) is 53.4 Å². The van der Waals surface area contributed by atoms with Gasteiger partial charge in [-0.3, -0.25) is 0 Å². The van der Waals surface area contributed by atoms with Gasteiger partial charge < -0.3 is 4.90 Å². The molecule has 1 aliphatic heterocycles. The molecule has 174 valence electrons. The van der Waals surface area contributed by atoms with Gasteiger partial charge in [-0.05, 0) is 37.1 Å². The fraction of sp³-hybridized carbons (Fsp3) is 0.571. The highest BCUT2D eigenvalue weighted by Crippen LogP contribution is 2.32. The van der Waals surface area contributed by atoms with E-state index < -0.39 is 0 Å². The molecule has 0 N–H and O–H groups in total. The third kappa shape index (κ3) is 6.54. The Balaban J connectivity index is 1.98. The third-order valence-electron chi connectivity index (χ3n) is 6.13. The molecule has 1 heterocycles. The predicted molar refractivity (Wildman–Crippen MR) is 143 cm³/mol. The monoisotopic (exact) mass is 452 g/mol. The van der Waals surface area contributed by atoms with Gasteiger partial charge in [0.05, 0.1) is 20.8 Å².